The van der Waals surface area contributed by atoms with Crippen LogP contribution in [0.25, 0.3) is 16.6 Å². The number of para-hydroxylation sites is 1. The van der Waals surface area contributed by atoms with Crippen LogP contribution >= 0.6 is 0 Å². The number of hydrogen-bond donors (Lipinski definition) is 0. The predicted octanol–water partition coefficient (Wildman–Crippen LogP) is 3.24. The molecule has 112 valence electrons. The van der Waals surface area contributed by atoms with Crippen LogP contribution in [0, 0.1) is 0 Å². The molecule has 0 spiro atoms. The van der Waals surface area contributed by atoms with Crippen molar-refractivity contribution in [2.45, 2.75) is 6.54 Å². The largest absolute Gasteiger partial charge is 0.341 e. The Morgan fingerprint density at radius 3 is 2.52 bits per heavy atom. The highest BCUT2D eigenvalue weighted by molar-refractivity contribution is 5.80. The highest BCUT2D eigenvalue weighted by Crippen LogP contribution is 2.15. The van der Waals surface area contributed by atoms with E-state index >= 15 is 0 Å². The third-order valence-corrected chi connectivity index (χ3v) is 3.95. The summed E-state index contributed by atoms with van der Waals surface area (Å²) in [5.74, 6) is 0. The van der Waals surface area contributed by atoms with Crippen molar-refractivity contribution in [3.8, 4) is 5.69 Å². The van der Waals surface area contributed by atoms with Gasteiger partial charge in [0.15, 0.2) is 0 Å². The molecular weight excluding hydrogens is 286 g/mol. The fraction of sp³-hybridized carbons (Fsp3) is 0.0526. The molecule has 0 saturated carbocycles. The number of hydrogen-bond acceptors (Lipinski definition) is 2. The zero-order valence-corrected chi connectivity index (χ0v) is 12.5. The normalized spacial score (nSPS) is 11.0. The van der Waals surface area contributed by atoms with Gasteiger partial charge in [0, 0.05) is 30.5 Å². The first-order valence-corrected chi connectivity index (χ1v) is 7.47. The molecule has 4 heteroatoms. The summed E-state index contributed by atoms with van der Waals surface area (Å²) in [5, 5.41) is 0.717. The van der Waals surface area contributed by atoms with Gasteiger partial charge in [-0.15, -0.1) is 0 Å². The number of rotatable bonds is 3. The van der Waals surface area contributed by atoms with Crippen molar-refractivity contribution in [2.75, 3.05) is 0 Å². The summed E-state index contributed by atoms with van der Waals surface area (Å²) in [6.45, 7) is 0.712. The van der Waals surface area contributed by atoms with E-state index in [9.17, 15) is 4.79 Å². The van der Waals surface area contributed by atoms with Crippen molar-refractivity contribution in [1.29, 1.82) is 0 Å². The third-order valence-electron chi connectivity index (χ3n) is 3.95. The van der Waals surface area contributed by atoms with Gasteiger partial charge in [0.25, 0.3) is 0 Å². The molecule has 0 saturated heterocycles. The first-order chi connectivity index (χ1) is 11.3. The molecule has 0 fully saturated rings. The summed E-state index contributed by atoms with van der Waals surface area (Å²) in [6, 6.07) is 17.9. The average molecular weight is 301 g/mol. The smallest absolute Gasteiger partial charge is 0.213 e. The van der Waals surface area contributed by atoms with Crippen LogP contribution in [0.15, 0.2) is 84.3 Å². The molecule has 4 nitrogen and oxygen atoms in total. The second kappa shape index (κ2) is 5.57. The summed E-state index contributed by atoms with van der Waals surface area (Å²) in [6.07, 6.45) is 7.02. The molecule has 2 heterocycles. The van der Waals surface area contributed by atoms with Crippen LogP contribution in [-0.4, -0.2) is 14.1 Å². The minimum atomic E-state index is 0.0166. The van der Waals surface area contributed by atoms with Crippen LogP contribution in [0.2, 0.25) is 0 Å². The van der Waals surface area contributed by atoms with E-state index in [2.05, 4.69) is 21.7 Å². The van der Waals surface area contributed by atoms with Gasteiger partial charge in [0.1, 0.15) is 5.69 Å². The van der Waals surface area contributed by atoms with E-state index in [1.54, 1.807) is 23.3 Å². The lowest BCUT2D eigenvalue weighted by molar-refractivity contribution is 0.814. The molecule has 2 aromatic heterocycles. The van der Waals surface area contributed by atoms with Crippen LogP contribution in [0.4, 0.5) is 0 Å². The lowest BCUT2D eigenvalue weighted by Gasteiger charge is -2.14. The zero-order valence-electron chi connectivity index (χ0n) is 12.5. The first kappa shape index (κ1) is 13.5. The van der Waals surface area contributed by atoms with E-state index in [4.69, 9.17) is 0 Å². The Bertz CT molecular complexity index is 1000. The summed E-state index contributed by atoms with van der Waals surface area (Å²) < 4.78 is 3.87. The van der Waals surface area contributed by atoms with E-state index in [0.717, 1.165) is 10.9 Å². The molecule has 0 aliphatic carbocycles. The van der Waals surface area contributed by atoms with Crippen molar-refractivity contribution < 1.29 is 0 Å². The average Bonchev–Trinajstić information content (AvgIpc) is 3.13. The maximum atomic E-state index is 12.8. The monoisotopic (exact) mass is 301 g/mol. The minimum Gasteiger partial charge on any atom is -0.341 e. The van der Waals surface area contributed by atoms with E-state index in [0.29, 0.717) is 12.2 Å². The molecule has 0 aliphatic heterocycles. The molecule has 0 bridgehead atoms. The fourth-order valence-corrected chi connectivity index (χ4v) is 2.83. The van der Waals surface area contributed by atoms with Gasteiger partial charge in [-0.25, -0.2) is 4.98 Å². The van der Waals surface area contributed by atoms with Crippen molar-refractivity contribution in [2.24, 2.45) is 0 Å². The van der Waals surface area contributed by atoms with Crippen molar-refractivity contribution in [1.82, 2.24) is 14.1 Å². The van der Waals surface area contributed by atoms with E-state index in [-0.39, 0.29) is 5.43 Å². The molecule has 0 amide bonds. The summed E-state index contributed by atoms with van der Waals surface area (Å²) in [5.41, 5.74) is 2.75. The van der Waals surface area contributed by atoms with Gasteiger partial charge in [0.2, 0.25) is 5.43 Å². The Kier molecular flexibility index (Phi) is 3.27. The Labute approximate surface area is 133 Å². The van der Waals surface area contributed by atoms with Crippen LogP contribution in [0.3, 0.4) is 0 Å². The Morgan fingerprint density at radius 2 is 1.74 bits per heavy atom. The quantitative estimate of drug-likeness (QED) is 0.583. The highest BCUT2D eigenvalue weighted by atomic mass is 16.1. The zero-order chi connectivity index (χ0) is 15.6. The van der Waals surface area contributed by atoms with Crippen LogP contribution < -0.4 is 5.43 Å². The van der Waals surface area contributed by atoms with Crippen LogP contribution in [-0.2, 0) is 6.54 Å². The lowest BCUT2D eigenvalue weighted by atomic mass is 10.1. The molecule has 0 radical (unpaired) electrons. The number of nitrogens with zero attached hydrogens (tertiary/aromatic N) is 3. The van der Waals surface area contributed by atoms with Gasteiger partial charge >= 0.3 is 0 Å². The van der Waals surface area contributed by atoms with Gasteiger partial charge < -0.3 is 9.13 Å². The predicted molar refractivity (Wildman–Crippen MR) is 90.9 cm³/mol. The van der Waals surface area contributed by atoms with Gasteiger partial charge in [-0.1, -0.05) is 42.5 Å². The van der Waals surface area contributed by atoms with Gasteiger partial charge in [-0.05, 0) is 17.7 Å². The molecule has 4 aromatic rings. The molecule has 4 rings (SSSR count). The lowest BCUT2D eigenvalue weighted by Crippen LogP contribution is -2.16. The number of pyridine rings is 1. The van der Waals surface area contributed by atoms with E-state index in [1.165, 1.54) is 5.56 Å². The Hall–Kier alpha value is -3.14. The SMILES string of the molecule is O=c1c(-n2ccnc2)cn(Cc2ccccc2)c2ccccc12. The van der Waals surface area contributed by atoms with Crippen molar-refractivity contribution in [3.05, 3.63) is 95.3 Å². The molecule has 0 atom stereocenters. The number of benzene rings is 2. The number of imidazole rings is 1. The highest BCUT2D eigenvalue weighted by Gasteiger charge is 2.10. The summed E-state index contributed by atoms with van der Waals surface area (Å²) >= 11 is 0. The minimum absolute atomic E-state index is 0.0166. The maximum absolute atomic E-state index is 12.8. The number of aromatic nitrogens is 3. The maximum Gasteiger partial charge on any atom is 0.213 e. The summed E-state index contributed by atoms with van der Waals surface area (Å²) in [7, 11) is 0. The third kappa shape index (κ3) is 2.44. The molecule has 0 unspecified atom stereocenters. The van der Waals surface area contributed by atoms with Crippen molar-refractivity contribution in [3.63, 3.8) is 0 Å². The second-order valence-corrected chi connectivity index (χ2v) is 5.44. The molecule has 2 aromatic carbocycles. The van der Waals surface area contributed by atoms with Gasteiger partial charge in [0.05, 0.1) is 11.8 Å². The Morgan fingerprint density at radius 1 is 0.957 bits per heavy atom. The number of fused-ring (bicyclic) bond motifs is 1. The van der Waals surface area contributed by atoms with Gasteiger partial charge in [-0.3, -0.25) is 4.79 Å². The van der Waals surface area contributed by atoms with E-state index in [1.807, 2.05) is 48.7 Å². The molecular formula is C19H15N3O. The first-order valence-electron chi connectivity index (χ1n) is 7.47. The van der Waals surface area contributed by atoms with Gasteiger partial charge in [-0.2, -0.15) is 0 Å². The standard InChI is InChI=1S/C19H15N3O/c23-19-16-8-4-5-9-17(16)22(12-15-6-2-1-3-7-15)13-18(19)21-11-10-20-14-21/h1-11,13-14H,12H2. The van der Waals surface area contributed by atoms with Crippen LogP contribution in [0.1, 0.15) is 5.56 Å². The molecule has 23 heavy (non-hydrogen) atoms. The Balaban J connectivity index is 1.96. The van der Waals surface area contributed by atoms with Crippen molar-refractivity contribution >= 4 is 10.9 Å². The molecule has 0 aliphatic rings. The second-order valence-electron chi connectivity index (χ2n) is 5.44. The topological polar surface area (TPSA) is 39.8 Å². The molecule has 0 N–H and O–H groups in total. The fourth-order valence-electron chi connectivity index (χ4n) is 2.83. The van der Waals surface area contributed by atoms with E-state index < -0.39 is 0 Å². The summed E-state index contributed by atoms with van der Waals surface area (Å²) in [4.78, 5) is 16.8. The van der Waals surface area contributed by atoms with Crippen LogP contribution in [0.5, 0.6) is 0 Å².